The van der Waals surface area contributed by atoms with Gasteiger partial charge in [-0.15, -0.1) is 0 Å². The smallest absolute Gasteiger partial charge is 0.349 e. The summed E-state index contributed by atoms with van der Waals surface area (Å²) >= 11 is 0. The average Bonchev–Trinajstić information content (AvgIpc) is 2.55. The van der Waals surface area contributed by atoms with Gasteiger partial charge in [0.1, 0.15) is 11.6 Å². The fourth-order valence-corrected chi connectivity index (χ4v) is 1.80. The summed E-state index contributed by atoms with van der Waals surface area (Å²) in [5.74, 6) is -6.45. The predicted molar refractivity (Wildman–Crippen MR) is 78.9 cm³/mol. The lowest BCUT2D eigenvalue weighted by atomic mass is 10.1. The highest BCUT2D eigenvalue weighted by Crippen LogP contribution is 2.28. The van der Waals surface area contributed by atoms with Crippen LogP contribution >= 0.6 is 0 Å². The van der Waals surface area contributed by atoms with Crippen LogP contribution in [0.1, 0.15) is 15.9 Å². The summed E-state index contributed by atoms with van der Waals surface area (Å²) in [5, 5.41) is 1.93. The van der Waals surface area contributed by atoms with Crippen molar-refractivity contribution in [2.24, 2.45) is 5.73 Å². The summed E-state index contributed by atoms with van der Waals surface area (Å²) < 4.78 is 45.6. The maximum absolute atomic E-state index is 13.9. The van der Waals surface area contributed by atoms with Crippen molar-refractivity contribution >= 4 is 11.8 Å². The van der Waals surface area contributed by atoms with E-state index in [9.17, 15) is 22.8 Å². The predicted octanol–water partition coefficient (Wildman–Crippen LogP) is 2.17. The largest absolute Gasteiger partial charge is 0.473 e. The van der Waals surface area contributed by atoms with Crippen LogP contribution in [-0.2, 0) is 10.7 Å². The third kappa shape index (κ3) is 4.03. The number of rotatable bonds is 6. The Balaban J connectivity index is 1.92. The van der Waals surface area contributed by atoms with Crippen LogP contribution in [-0.4, -0.2) is 18.5 Å². The third-order valence-corrected chi connectivity index (χ3v) is 3.10. The van der Waals surface area contributed by atoms with Crippen molar-refractivity contribution in [1.29, 1.82) is 0 Å². The maximum Gasteiger partial charge on any atom is 0.349 e. The first kappa shape index (κ1) is 17.3. The second-order valence-corrected chi connectivity index (χ2v) is 4.76. The number of benzene rings is 2. The van der Waals surface area contributed by atoms with Crippen LogP contribution in [0.3, 0.4) is 0 Å². The van der Waals surface area contributed by atoms with Crippen molar-refractivity contribution in [3.63, 3.8) is 0 Å². The van der Waals surface area contributed by atoms with E-state index in [4.69, 9.17) is 10.5 Å². The number of carbonyl (C=O) groups excluding carboxylic acids is 2. The van der Waals surface area contributed by atoms with Gasteiger partial charge in [-0.25, -0.2) is 4.39 Å². The van der Waals surface area contributed by atoms with Crippen LogP contribution in [0.15, 0.2) is 48.5 Å². The summed E-state index contributed by atoms with van der Waals surface area (Å²) in [5.41, 5.74) is 4.70. The van der Waals surface area contributed by atoms with Gasteiger partial charge in [-0.1, -0.05) is 0 Å². The van der Waals surface area contributed by atoms with E-state index in [0.29, 0.717) is 0 Å². The van der Waals surface area contributed by atoms with Gasteiger partial charge in [-0.2, -0.15) is 8.78 Å². The first-order valence-corrected chi connectivity index (χ1v) is 6.75. The van der Waals surface area contributed by atoms with E-state index in [1.54, 1.807) is 0 Å². The first-order chi connectivity index (χ1) is 11.3. The van der Waals surface area contributed by atoms with Gasteiger partial charge >= 0.3 is 5.92 Å². The molecule has 5 nitrogen and oxygen atoms in total. The normalized spacial score (nSPS) is 11.0. The minimum absolute atomic E-state index is 0.255. The summed E-state index contributed by atoms with van der Waals surface area (Å²) in [7, 11) is 0. The molecule has 3 N–H and O–H groups in total. The molecule has 24 heavy (non-hydrogen) atoms. The fraction of sp³-hybridized carbons (Fsp3) is 0.125. The van der Waals surface area contributed by atoms with Gasteiger partial charge in [0.05, 0.1) is 0 Å². The van der Waals surface area contributed by atoms with Crippen molar-refractivity contribution in [3.8, 4) is 5.75 Å². The zero-order chi connectivity index (χ0) is 17.7. The maximum atomic E-state index is 13.9. The van der Waals surface area contributed by atoms with Gasteiger partial charge in [0.25, 0.3) is 5.91 Å². The molecule has 126 valence electrons. The molecule has 0 spiro atoms. The molecule has 2 aromatic rings. The van der Waals surface area contributed by atoms with Crippen LogP contribution in [0, 0.1) is 5.82 Å². The lowest BCUT2D eigenvalue weighted by molar-refractivity contribution is -0.148. The van der Waals surface area contributed by atoms with Gasteiger partial charge in [-0.05, 0) is 48.5 Å². The molecule has 0 aliphatic carbocycles. The highest BCUT2D eigenvalue weighted by molar-refractivity contribution is 5.92. The molecule has 0 bridgehead atoms. The second kappa shape index (κ2) is 7.03. The Labute approximate surface area is 135 Å². The van der Waals surface area contributed by atoms with E-state index in [-0.39, 0.29) is 11.3 Å². The van der Waals surface area contributed by atoms with Gasteiger partial charge in [0.15, 0.2) is 6.73 Å². The van der Waals surface area contributed by atoms with Crippen LogP contribution in [0.4, 0.5) is 13.2 Å². The zero-order valence-electron chi connectivity index (χ0n) is 12.3. The number of nitrogens with one attached hydrogen (secondary N) is 1. The van der Waals surface area contributed by atoms with Gasteiger partial charge < -0.3 is 15.8 Å². The summed E-state index contributed by atoms with van der Waals surface area (Å²) in [6.07, 6.45) is 0. The Morgan fingerprint density at radius 3 is 2.17 bits per heavy atom. The molecule has 2 rings (SSSR count). The molecule has 0 atom stereocenters. The fourth-order valence-electron chi connectivity index (χ4n) is 1.80. The highest BCUT2D eigenvalue weighted by Gasteiger charge is 2.40. The zero-order valence-corrected chi connectivity index (χ0v) is 12.3. The quantitative estimate of drug-likeness (QED) is 0.792. The number of primary amides is 1. The van der Waals surface area contributed by atoms with E-state index in [2.05, 4.69) is 0 Å². The molecule has 0 unspecified atom stereocenters. The monoisotopic (exact) mass is 338 g/mol. The number of halogens is 3. The van der Waals surface area contributed by atoms with Crippen molar-refractivity contribution < 1.29 is 27.5 Å². The van der Waals surface area contributed by atoms with Crippen molar-refractivity contribution in [2.45, 2.75) is 5.92 Å². The number of ether oxygens (including phenoxy) is 1. The molecule has 0 saturated carbocycles. The number of hydrogen-bond acceptors (Lipinski definition) is 3. The van der Waals surface area contributed by atoms with E-state index in [0.717, 1.165) is 24.3 Å². The van der Waals surface area contributed by atoms with E-state index < -0.39 is 35.8 Å². The molecule has 0 aromatic heterocycles. The number of carbonyl (C=O) groups is 2. The molecular formula is C16H13F3N2O3. The number of alkyl halides is 2. The second-order valence-electron chi connectivity index (χ2n) is 4.76. The summed E-state index contributed by atoms with van der Waals surface area (Å²) in [6, 6.07) is 8.95. The molecule has 2 aromatic carbocycles. The number of nitrogens with two attached hydrogens (primary N) is 1. The summed E-state index contributed by atoms with van der Waals surface area (Å²) in [4.78, 5) is 22.5. The van der Waals surface area contributed by atoms with Gasteiger partial charge in [0, 0.05) is 11.1 Å². The molecular weight excluding hydrogens is 325 g/mol. The Morgan fingerprint density at radius 1 is 1.04 bits per heavy atom. The highest BCUT2D eigenvalue weighted by atomic mass is 19.3. The standard InChI is InChI=1S/C16H13F3N2O3/c17-12-5-3-11(4-6-12)16(18,19)15(23)21-9-24-13-7-1-10(2-8-13)14(20)22/h1-8H,9H2,(H2,20,22)(H,21,23). The minimum Gasteiger partial charge on any atom is -0.473 e. The van der Waals surface area contributed by atoms with Crippen molar-refractivity contribution in [3.05, 3.63) is 65.5 Å². The molecule has 0 heterocycles. The van der Waals surface area contributed by atoms with E-state index in [1.807, 2.05) is 5.32 Å². The lowest BCUT2D eigenvalue weighted by Crippen LogP contribution is -2.40. The van der Waals surface area contributed by atoms with E-state index >= 15 is 0 Å². The Kier molecular flexibility index (Phi) is 5.08. The van der Waals surface area contributed by atoms with Gasteiger partial charge in [0.2, 0.25) is 5.91 Å². The van der Waals surface area contributed by atoms with Crippen molar-refractivity contribution in [2.75, 3.05) is 6.73 Å². The minimum atomic E-state index is -3.83. The van der Waals surface area contributed by atoms with Crippen LogP contribution in [0.2, 0.25) is 0 Å². The molecule has 0 radical (unpaired) electrons. The van der Waals surface area contributed by atoms with Gasteiger partial charge in [-0.3, -0.25) is 9.59 Å². The van der Waals surface area contributed by atoms with Crippen molar-refractivity contribution in [1.82, 2.24) is 5.32 Å². The SMILES string of the molecule is NC(=O)c1ccc(OCNC(=O)C(F)(F)c2ccc(F)cc2)cc1. The molecule has 0 aliphatic rings. The molecule has 0 fully saturated rings. The van der Waals surface area contributed by atoms with Crippen LogP contribution in [0.25, 0.3) is 0 Å². The Morgan fingerprint density at radius 2 is 1.62 bits per heavy atom. The Bertz CT molecular complexity index is 731. The molecule has 0 saturated heterocycles. The van der Waals surface area contributed by atoms with Crippen LogP contribution in [0.5, 0.6) is 5.75 Å². The van der Waals surface area contributed by atoms with E-state index in [1.165, 1.54) is 24.3 Å². The summed E-state index contributed by atoms with van der Waals surface area (Å²) in [6.45, 7) is -0.508. The first-order valence-electron chi connectivity index (χ1n) is 6.75. The third-order valence-electron chi connectivity index (χ3n) is 3.10. The number of hydrogen-bond donors (Lipinski definition) is 2. The van der Waals surface area contributed by atoms with Crippen LogP contribution < -0.4 is 15.8 Å². The topological polar surface area (TPSA) is 81.4 Å². The number of amides is 2. The molecule has 2 amide bonds. The average molecular weight is 338 g/mol. The molecule has 8 heteroatoms. The lowest BCUT2D eigenvalue weighted by Gasteiger charge is -2.16. The Hall–Kier alpha value is -3.03. The molecule has 0 aliphatic heterocycles.